The maximum atomic E-state index is 12.6. The van der Waals surface area contributed by atoms with Crippen LogP contribution in [0.3, 0.4) is 0 Å². The second-order valence-electron chi connectivity index (χ2n) is 6.17. The molecule has 6 nitrogen and oxygen atoms in total. The number of benzene rings is 1. The molecule has 1 aromatic carbocycles. The van der Waals surface area contributed by atoms with Crippen LogP contribution in [0, 0.1) is 0 Å². The van der Waals surface area contributed by atoms with Crippen molar-refractivity contribution in [1.82, 2.24) is 15.0 Å². The highest BCUT2D eigenvalue weighted by molar-refractivity contribution is 6.09. The summed E-state index contributed by atoms with van der Waals surface area (Å²) in [6, 6.07) is 9.13. The number of aromatic amines is 1. The number of pyridine rings is 2. The van der Waals surface area contributed by atoms with E-state index in [0.29, 0.717) is 16.7 Å². The van der Waals surface area contributed by atoms with E-state index in [1.54, 1.807) is 24.8 Å². The van der Waals surface area contributed by atoms with Crippen LogP contribution in [0.4, 0.5) is 29.3 Å². The third-order valence-corrected chi connectivity index (χ3v) is 4.28. The average Bonchev–Trinajstić information content (AvgIpc) is 3.11. The first-order valence-corrected chi connectivity index (χ1v) is 8.53. The second kappa shape index (κ2) is 7.27. The van der Waals surface area contributed by atoms with Crippen molar-refractivity contribution in [3.8, 4) is 11.1 Å². The molecule has 0 spiro atoms. The molecule has 2 amide bonds. The van der Waals surface area contributed by atoms with Gasteiger partial charge >= 0.3 is 12.2 Å². The Morgan fingerprint density at radius 1 is 0.931 bits per heavy atom. The summed E-state index contributed by atoms with van der Waals surface area (Å²) in [6.07, 6.45) is 2.16. The summed E-state index contributed by atoms with van der Waals surface area (Å²) >= 11 is 0. The molecule has 146 valence electrons. The molecule has 0 fully saturated rings. The smallest absolute Gasteiger partial charge is 0.344 e. The van der Waals surface area contributed by atoms with Crippen molar-refractivity contribution in [2.75, 3.05) is 10.6 Å². The molecule has 9 heteroatoms. The molecule has 3 aromatic heterocycles. The molecule has 0 atom stereocenters. The van der Waals surface area contributed by atoms with E-state index in [1.165, 1.54) is 12.1 Å². The topological polar surface area (TPSA) is 82.7 Å². The van der Waals surface area contributed by atoms with Gasteiger partial charge in [0.2, 0.25) is 0 Å². The minimum Gasteiger partial charge on any atom is -0.344 e. The largest absolute Gasteiger partial charge is 0.416 e. The van der Waals surface area contributed by atoms with E-state index in [4.69, 9.17) is 0 Å². The summed E-state index contributed by atoms with van der Waals surface area (Å²) in [5.41, 5.74) is 2.28. The number of anilines is 2. The number of urea groups is 1. The summed E-state index contributed by atoms with van der Waals surface area (Å²) < 4.78 is 37.9. The first-order valence-electron chi connectivity index (χ1n) is 8.53. The molecule has 0 radical (unpaired) electrons. The molecule has 4 rings (SSSR count). The second-order valence-corrected chi connectivity index (χ2v) is 6.17. The van der Waals surface area contributed by atoms with Gasteiger partial charge in [0.1, 0.15) is 5.65 Å². The molecule has 0 unspecified atom stereocenters. The third kappa shape index (κ3) is 3.88. The number of alkyl halides is 3. The highest BCUT2D eigenvalue weighted by Crippen LogP contribution is 2.33. The summed E-state index contributed by atoms with van der Waals surface area (Å²) in [6.45, 7) is 0. The highest BCUT2D eigenvalue weighted by Gasteiger charge is 2.30. The molecule has 0 aliphatic carbocycles. The number of halogens is 3. The van der Waals surface area contributed by atoms with E-state index in [1.807, 2.05) is 18.2 Å². The summed E-state index contributed by atoms with van der Waals surface area (Å²) in [7, 11) is 0. The number of H-pyrrole nitrogens is 1. The summed E-state index contributed by atoms with van der Waals surface area (Å²) in [5.74, 6) is 0. The number of aromatic nitrogens is 3. The van der Waals surface area contributed by atoms with Gasteiger partial charge in [-0.25, -0.2) is 9.78 Å². The van der Waals surface area contributed by atoms with Crippen LogP contribution in [0.15, 0.2) is 67.3 Å². The number of fused-ring (bicyclic) bond motifs is 1. The number of hydrogen-bond acceptors (Lipinski definition) is 3. The van der Waals surface area contributed by atoms with Crippen LogP contribution in [-0.2, 0) is 6.18 Å². The predicted octanol–water partition coefficient (Wildman–Crippen LogP) is 5.29. The van der Waals surface area contributed by atoms with Crippen molar-refractivity contribution < 1.29 is 18.0 Å². The zero-order chi connectivity index (χ0) is 20.4. The van der Waals surface area contributed by atoms with Crippen LogP contribution in [0.5, 0.6) is 0 Å². The van der Waals surface area contributed by atoms with Gasteiger partial charge < -0.3 is 15.6 Å². The van der Waals surface area contributed by atoms with Crippen LogP contribution in [0.25, 0.3) is 22.2 Å². The fourth-order valence-corrected chi connectivity index (χ4v) is 2.95. The molecule has 4 aromatic rings. The molecule has 3 N–H and O–H groups in total. The lowest BCUT2D eigenvalue weighted by molar-refractivity contribution is -0.137. The fourth-order valence-electron chi connectivity index (χ4n) is 2.95. The Morgan fingerprint density at radius 2 is 1.66 bits per heavy atom. The van der Waals surface area contributed by atoms with E-state index >= 15 is 0 Å². The monoisotopic (exact) mass is 397 g/mol. The third-order valence-electron chi connectivity index (χ3n) is 4.28. The van der Waals surface area contributed by atoms with E-state index < -0.39 is 17.8 Å². The van der Waals surface area contributed by atoms with Crippen LogP contribution >= 0.6 is 0 Å². The maximum Gasteiger partial charge on any atom is 0.416 e. The zero-order valence-corrected chi connectivity index (χ0v) is 14.8. The normalized spacial score (nSPS) is 11.4. The number of carbonyl (C=O) groups excluding carboxylic acids is 1. The quantitative estimate of drug-likeness (QED) is 0.439. The number of hydrogen-bond donors (Lipinski definition) is 3. The molecule has 3 heterocycles. The zero-order valence-electron chi connectivity index (χ0n) is 14.8. The first-order chi connectivity index (χ1) is 13.9. The lowest BCUT2D eigenvalue weighted by Gasteiger charge is -2.10. The lowest BCUT2D eigenvalue weighted by Crippen LogP contribution is -2.19. The molecule has 0 aliphatic heterocycles. The van der Waals surface area contributed by atoms with Crippen molar-refractivity contribution in [2.45, 2.75) is 6.18 Å². The number of nitrogens with one attached hydrogen (secondary N) is 3. The van der Waals surface area contributed by atoms with Gasteiger partial charge in [0.25, 0.3) is 0 Å². The van der Waals surface area contributed by atoms with Crippen LogP contribution in [-0.4, -0.2) is 21.0 Å². The molecule has 29 heavy (non-hydrogen) atoms. The van der Waals surface area contributed by atoms with Crippen molar-refractivity contribution >= 4 is 28.4 Å². The van der Waals surface area contributed by atoms with E-state index in [-0.39, 0.29) is 5.69 Å². The van der Waals surface area contributed by atoms with Crippen molar-refractivity contribution in [1.29, 1.82) is 0 Å². The number of nitrogens with zero attached hydrogens (tertiary/aromatic N) is 2. The van der Waals surface area contributed by atoms with Gasteiger partial charge in [-0.2, -0.15) is 13.2 Å². The van der Waals surface area contributed by atoms with Crippen molar-refractivity contribution in [2.24, 2.45) is 0 Å². The Morgan fingerprint density at radius 3 is 2.34 bits per heavy atom. The van der Waals surface area contributed by atoms with Gasteiger partial charge in [-0.15, -0.1) is 0 Å². The Kier molecular flexibility index (Phi) is 4.63. The Hall–Kier alpha value is -3.88. The Bertz CT molecular complexity index is 1150. The van der Waals surface area contributed by atoms with E-state index in [2.05, 4.69) is 25.6 Å². The Balaban J connectivity index is 1.57. The molecule has 0 bridgehead atoms. The average molecular weight is 397 g/mol. The van der Waals surface area contributed by atoms with Crippen LogP contribution in [0.2, 0.25) is 0 Å². The summed E-state index contributed by atoms with van der Waals surface area (Å²) in [4.78, 5) is 23.6. The predicted molar refractivity (Wildman–Crippen MR) is 103 cm³/mol. The van der Waals surface area contributed by atoms with Gasteiger partial charge in [-0.1, -0.05) is 0 Å². The maximum absolute atomic E-state index is 12.6. The van der Waals surface area contributed by atoms with Gasteiger partial charge in [-0.05, 0) is 53.6 Å². The molecular weight excluding hydrogens is 383 g/mol. The number of rotatable bonds is 3. The van der Waals surface area contributed by atoms with Gasteiger partial charge in [-0.3, -0.25) is 4.98 Å². The van der Waals surface area contributed by atoms with E-state index in [9.17, 15) is 18.0 Å². The van der Waals surface area contributed by atoms with Crippen molar-refractivity contribution in [3.63, 3.8) is 0 Å². The lowest BCUT2D eigenvalue weighted by atomic mass is 10.0. The highest BCUT2D eigenvalue weighted by atomic mass is 19.4. The minimum absolute atomic E-state index is 0.239. The minimum atomic E-state index is -4.43. The standard InChI is InChI=1S/C20H14F3N5O/c21-20(22,23)13-1-3-14(4-2-13)27-19(29)28-16-11-26-18-17(16)15(7-10-25-18)12-5-8-24-9-6-12/h1-11H,(H,25,26)(H2,27,28,29). The first kappa shape index (κ1) is 18.5. The van der Waals surface area contributed by atoms with Gasteiger partial charge in [0.15, 0.2) is 0 Å². The molecule has 0 aliphatic rings. The van der Waals surface area contributed by atoms with Gasteiger partial charge in [0.05, 0.1) is 16.6 Å². The van der Waals surface area contributed by atoms with Crippen molar-refractivity contribution in [3.05, 3.63) is 72.8 Å². The SMILES string of the molecule is O=C(Nc1ccc(C(F)(F)F)cc1)Nc1c[nH]c2nccc(-c3ccncc3)c12. The number of amides is 2. The summed E-state index contributed by atoms with van der Waals surface area (Å²) in [5, 5.41) is 5.94. The molecule has 0 saturated heterocycles. The number of carbonyl (C=O) groups is 1. The molecular formula is C20H14F3N5O. The Labute approximate surface area is 162 Å². The molecule has 0 saturated carbocycles. The van der Waals surface area contributed by atoms with E-state index in [0.717, 1.165) is 23.3 Å². The fraction of sp³-hybridized carbons (Fsp3) is 0.0500. The van der Waals surface area contributed by atoms with Crippen LogP contribution in [0.1, 0.15) is 5.56 Å². The van der Waals surface area contributed by atoms with Crippen LogP contribution < -0.4 is 10.6 Å². The van der Waals surface area contributed by atoms with Gasteiger partial charge in [0, 0.05) is 30.5 Å².